The lowest BCUT2D eigenvalue weighted by Gasteiger charge is -2.12. The monoisotopic (exact) mass is 255 g/mol. The Hall–Kier alpha value is -1.61. The third-order valence-electron chi connectivity index (χ3n) is 3.81. The minimum absolute atomic E-state index is 0.700. The molecule has 0 amide bonds. The van der Waals surface area contributed by atoms with E-state index in [1.165, 1.54) is 40.9 Å². The molecule has 0 bridgehead atoms. The van der Waals surface area contributed by atoms with Crippen LogP contribution in [0.5, 0.6) is 0 Å². The van der Waals surface area contributed by atoms with Gasteiger partial charge in [-0.1, -0.05) is 12.1 Å². The molecule has 1 aromatic heterocycles. The van der Waals surface area contributed by atoms with Gasteiger partial charge in [0.2, 0.25) is 0 Å². The van der Waals surface area contributed by atoms with Crippen LogP contribution in [0.15, 0.2) is 24.4 Å². The summed E-state index contributed by atoms with van der Waals surface area (Å²) in [5, 5.41) is 7.89. The zero-order chi connectivity index (χ0) is 13.4. The lowest BCUT2D eigenvalue weighted by atomic mass is 10.1. The summed E-state index contributed by atoms with van der Waals surface area (Å²) in [6, 6.07) is 6.58. The van der Waals surface area contributed by atoms with Gasteiger partial charge in [-0.3, -0.25) is 0 Å². The Labute approximate surface area is 114 Å². The van der Waals surface area contributed by atoms with Gasteiger partial charge in [-0.05, 0) is 50.9 Å². The molecule has 3 heteroatoms. The maximum atomic E-state index is 4.64. The van der Waals surface area contributed by atoms with Crippen LogP contribution >= 0.6 is 0 Å². The van der Waals surface area contributed by atoms with Gasteiger partial charge < -0.3 is 5.32 Å². The second-order valence-corrected chi connectivity index (χ2v) is 5.56. The Kier molecular flexibility index (Phi) is 3.15. The smallest absolute Gasteiger partial charge is 0.0680 e. The maximum Gasteiger partial charge on any atom is 0.0680 e. The third-order valence-corrected chi connectivity index (χ3v) is 3.81. The minimum Gasteiger partial charge on any atom is -0.316 e. The molecule has 3 nitrogen and oxygen atoms in total. The van der Waals surface area contributed by atoms with Crippen LogP contribution in [0.3, 0.4) is 0 Å². The predicted molar refractivity (Wildman–Crippen MR) is 77.8 cm³/mol. The number of nitrogens with one attached hydrogen (secondary N) is 1. The lowest BCUT2D eigenvalue weighted by molar-refractivity contribution is 0.772. The molecule has 0 saturated heterocycles. The molecule has 0 spiro atoms. The van der Waals surface area contributed by atoms with Crippen molar-refractivity contribution in [2.75, 3.05) is 7.05 Å². The molecular weight excluding hydrogens is 234 g/mol. The van der Waals surface area contributed by atoms with E-state index in [-0.39, 0.29) is 0 Å². The molecule has 1 aliphatic carbocycles. The fourth-order valence-electron chi connectivity index (χ4n) is 2.65. The van der Waals surface area contributed by atoms with Gasteiger partial charge in [-0.25, -0.2) is 4.68 Å². The van der Waals surface area contributed by atoms with Crippen LogP contribution in [0, 0.1) is 13.8 Å². The summed E-state index contributed by atoms with van der Waals surface area (Å²) in [7, 11) is 1.99. The van der Waals surface area contributed by atoms with Crippen molar-refractivity contribution in [1.82, 2.24) is 15.1 Å². The van der Waals surface area contributed by atoms with Crippen LogP contribution in [0.25, 0.3) is 5.69 Å². The summed E-state index contributed by atoms with van der Waals surface area (Å²) < 4.78 is 2.16. The number of hydrogen-bond donors (Lipinski definition) is 1. The standard InChI is InChI=1S/C16H21N3/c1-11-4-5-12(2)15(8-11)19-16(13-6-7-13)14(9-17-3)10-18-19/h4-5,8,10,13,17H,6-7,9H2,1-3H3. The molecule has 0 radical (unpaired) electrons. The molecule has 100 valence electrons. The molecule has 1 heterocycles. The maximum absolute atomic E-state index is 4.64. The molecular formula is C16H21N3. The first-order chi connectivity index (χ1) is 9.20. The summed E-state index contributed by atoms with van der Waals surface area (Å²) in [5.41, 5.74) is 6.54. The molecule has 19 heavy (non-hydrogen) atoms. The lowest BCUT2D eigenvalue weighted by Crippen LogP contribution is -2.09. The average Bonchev–Trinajstić information content (AvgIpc) is 3.15. The van der Waals surface area contributed by atoms with Crippen molar-refractivity contribution in [2.24, 2.45) is 0 Å². The Balaban J connectivity index is 2.11. The number of nitrogens with zero attached hydrogens (tertiary/aromatic N) is 2. The molecule has 0 unspecified atom stereocenters. The van der Waals surface area contributed by atoms with Crippen molar-refractivity contribution < 1.29 is 0 Å². The molecule has 1 N–H and O–H groups in total. The summed E-state index contributed by atoms with van der Waals surface area (Å²) in [6.45, 7) is 5.19. The van der Waals surface area contributed by atoms with Crippen LogP contribution in [0.4, 0.5) is 0 Å². The van der Waals surface area contributed by atoms with E-state index >= 15 is 0 Å². The van der Waals surface area contributed by atoms with E-state index in [4.69, 9.17) is 0 Å². The predicted octanol–water partition coefficient (Wildman–Crippen LogP) is 3.09. The summed E-state index contributed by atoms with van der Waals surface area (Å²) >= 11 is 0. The Morgan fingerprint density at radius 1 is 1.32 bits per heavy atom. The number of benzene rings is 1. The molecule has 1 fully saturated rings. The van der Waals surface area contributed by atoms with Crippen LogP contribution in [0.2, 0.25) is 0 Å². The van der Waals surface area contributed by atoms with E-state index in [9.17, 15) is 0 Å². The van der Waals surface area contributed by atoms with Crippen LogP contribution in [-0.2, 0) is 6.54 Å². The second kappa shape index (κ2) is 4.82. The van der Waals surface area contributed by atoms with Gasteiger partial charge in [0, 0.05) is 18.0 Å². The molecule has 3 rings (SSSR count). The molecule has 2 aromatic rings. The van der Waals surface area contributed by atoms with E-state index in [2.05, 4.69) is 47.1 Å². The second-order valence-electron chi connectivity index (χ2n) is 5.56. The van der Waals surface area contributed by atoms with Gasteiger partial charge in [-0.2, -0.15) is 5.10 Å². The summed E-state index contributed by atoms with van der Waals surface area (Å²) in [5.74, 6) is 0.700. The highest BCUT2D eigenvalue weighted by atomic mass is 15.3. The molecule has 0 aliphatic heterocycles. The number of hydrogen-bond acceptors (Lipinski definition) is 2. The fourth-order valence-corrected chi connectivity index (χ4v) is 2.65. The van der Waals surface area contributed by atoms with Gasteiger partial charge in [-0.15, -0.1) is 0 Å². The first-order valence-corrected chi connectivity index (χ1v) is 6.99. The van der Waals surface area contributed by atoms with Crippen molar-refractivity contribution in [1.29, 1.82) is 0 Å². The van der Waals surface area contributed by atoms with E-state index in [0.717, 1.165) is 6.54 Å². The molecule has 0 atom stereocenters. The van der Waals surface area contributed by atoms with E-state index < -0.39 is 0 Å². The number of rotatable bonds is 4. The van der Waals surface area contributed by atoms with Crippen LogP contribution in [0.1, 0.15) is 41.1 Å². The van der Waals surface area contributed by atoms with E-state index in [1.54, 1.807) is 0 Å². The zero-order valence-electron chi connectivity index (χ0n) is 11.9. The van der Waals surface area contributed by atoms with E-state index in [1.807, 2.05) is 13.2 Å². The Bertz CT molecular complexity index is 594. The normalized spacial score (nSPS) is 14.9. The Morgan fingerprint density at radius 2 is 2.11 bits per heavy atom. The van der Waals surface area contributed by atoms with Gasteiger partial charge in [0.05, 0.1) is 17.6 Å². The highest BCUT2D eigenvalue weighted by molar-refractivity contribution is 5.45. The largest absolute Gasteiger partial charge is 0.316 e. The summed E-state index contributed by atoms with van der Waals surface area (Å²) in [4.78, 5) is 0. The third kappa shape index (κ3) is 2.30. The van der Waals surface area contributed by atoms with Gasteiger partial charge in [0.1, 0.15) is 0 Å². The van der Waals surface area contributed by atoms with Gasteiger partial charge in [0.15, 0.2) is 0 Å². The Morgan fingerprint density at radius 3 is 2.79 bits per heavy atom. The summed E-state index contributed by atoms with van der Waals surface area (Å²) in [6.07, 6.45) is 4.62. The first-order valence-electron chi connectivity index (χ1n) is 6.99. The SMILES string of the molecule is CNCc1cnn(-c2cc(C)ccc2C)c1C1CC1. The minimum atomic E-state index is 0.700. The average molecular weight is 255 g/mol. The van der Waals surface area contributed by atoms with E-state index in [0.29, 0.717) is 5.92 Å². The highest BCUT2D eigenvalue weighted by Gasteiger charge is 2.30. The van der Waals surface area contributed by atoms with Crippen LogP contribution in [-0.4, -0.2) is 16.8 Å². The quantitative estimate of drug-likeness (QED) is 0.910. The highest BCUT2D eigenvalue weighted by Crippen LogP contribution is 2.42. The molecule has 1 saturated carbocycles. The van der Waals surface area contributed by atoms with Crippen molar-refractivity contribution in [2.45, 2.75) is 39.2 Å². The van der Waals surface area contributed by atoms with Gasteiger partial charge in [0.25, 0.3) is 0 Å². The van der Waals surface area contributed by atoms with Crippen molar-refractivity contribution in [3.05, 3.63) is 46.8 Å². The molecule has 1 aromatic carbocycles. The van der Waals surface area contributed by atoms with Gasteiger partial charge >= 0.3 is 0 Å². The first kappa shape index (κ1) is 12.4. The zero-order valence-corrected chi connectivity index (χ0v) is 11.9. The van der Waals surface area contributed by atoms with Crippen molar-refractivity contribution >= 4 is 0 Å². The fraction of sp³-hybridized carbons (Fsp3) is 0.438. The number of aryl methyl sites for hydroxylation is 2. The number of aromatic nitrogens is 2. The van der Waals surface area contributed by atoms with Crippen molar-refractivity contribution in [3.63, 3.8) is 0 Å². The topological polar surface area (TPSA) is 29.9 Å². The van der Waals surface area contributed by atoms with Crippen LogP contribution < -0.4 is 5.32 Å². The van der Waals surface area contributed by atoms with Crippen molar-refractivity contribution in [3.8, 4) is 5.69 Å². The molecule has 1 aliphatic rings.